The molecule has 0 aromatic carbocycles. The van der Waals surface area contributed by atoms with Crippen molar-refractivity contribution in [3.8, 4) is 0 Å². The molecule has 0 radical (unpaired) electrons. The Labute approximate surface area is 325 Å². The summed E-state index contributed by atoms with van der Waals surface area (Å²) in [6.45, 7) is 2.57. The predicted octanol–water partition coefficient (Wildman–Crippen LogP) is 10.2. The summed E-state index contributed by atoms with van der Waals surface area (Å²) < 4.78 is 32.5. The molecular formula is C42H70NO10P. The smallest absolute Gasteiger partial charge is 0.472 e. The maximum Gasteiger partial charge on any atom is 0.472 e. The second-order valence-corrected chi connectivity index (χ2v) is 14.6. The summed E-state index contributed by atoms with van der Waals surface area (Å²) in [5.74, 6) is -2.46. The fourth-order valence-electron chi connectivity index (χ4n) is 4.87. The molecule has 0 saturated heterocycles. The van der Waals surface area contributed by atoms with E-state index in [-0.39, 0.29) is 19.4 Å². The van der Waals surface area contributed by atoms with Gasteiger partial charge < -0.3 is 25.2 Å². The van der Waals surface area contributed by atoms with Crippen molar-refractivity contribution in [1.82, 2.24) is 0 Å². The Morgan fingerprint density at radius 3 is 1.74 bits per heavy atom. The molecule has 11 nitrogen and oxygen atoms in total. The Bertz CT molecular complexity index is 1190. The number of esters is 2. The molecule has 0 aliphatic rings. The monoisotopic (exact) mass is 779 g/mol. The molecule has 0 aliphatic carbocycles. The first kappa shape index (κ1) is 50.9. The van der Waals surface area contributed by atoms with E-state index in [0.29, 0.717) is 12.8 Å². The topological polar surface area (TPSA) is 172 Å². The molecule has 0 rings (SSSR count). The van der Waals surface area contributed by atoms with Crippen LogP contribution in [-0.4, -0.2) is 59.9 Å². The third-order valence-corrected chi connectivity index (χ3v) is 8.98. The highest BCUT2D eigenvalue weighted by atomic mass is 31.2. The van der Waals surface area contributed by atoms with Gasteiger partial charge in [0.05, 0.1) is 13.2 Å². The molecule has 0 aliphatic heterocycles. The van der Waals surface area contributed by atoms with Gasteiger partial charge in [-0.25, -0.2) is 4.57 Å². The molecule has 0 bridgehead atoms. The molecule has 54 heavy (non-hydrogen) atoms. The molecule has 12 heteroatoms. The minimum Gasteiger partial charge on any atom is -0.480 e. The molecule has 0 spiro atoms. The van der Waals surface area contributed by atoms with Gasteiger partial charge in [0.25, 0.3) is 0 Å². The molecule has 0 fully saturated rings. The number of nitrogens with two attached hydrogens (primary N) is 1. The standard InChI is InChI=1S/C42H70NO10P/c1-3-5-7-9-11-13-15-17-19-21-23-25-27-29-31-33-40(44)50-35-38(36-51-54(48,49)52-37-39(43)42(46)47)53-41(45)34-32-30-28-26-24-22-20-18-16-14-12-10-8-6-4-2/h5,7,9,11,13,15,17-20,24,26,38-39H,3-4,6,8,10,12,14,16,21-23,25,27-37,43H2,1-2H3,(H,46,47)(H,48,49)/b7-5+,11-9+,15-13+,19-17+,20-18+,26-24+/t38-,39+/m1/s1. The maximum absolute atomic E-state index is 12.6. The number of carboxylic acids is 1. The van der Waals surface area contributed by atoms with Crippen LogP contribution in [0, 0.1) is 0 Å². The van der Waals surface area contributed by atoms with Gasteiger partial charge in [-0.1, -0.05) is 138 Å². The van der Waals surface area contributed by atoms with Crippen LogP contribution in [0.25, 0.3) is 0 Å². The highest BCUT2D eigenvalue weighted by Crippen LogP contribution is 2.43. The number of hydrogen-bond donors (Lipinski definition) is 3. The molecule has 0 saturated carbocycles. The Morgan fingerprint density at radius 1 is 0.611 bits per heavy atom. The first-order chi connectivity index (χ1) is 26.1. The maximum atomic E-state index is 12.6. The van der Waals surface area contributed by atoms with Crippen molar-refractivity contribution in [2.45, 2.75) is 154 Å². The van der Waals surface area contributed by atoms with Crippen LogP contribution in [0.1, 0.15) is 142 Å². The second-order valence-electron chi connectivity index (χ2n) is 13.1. The lowest BCUT2D eigenvalue weighted by Gasteiger charge is -2.20. The lowest BCUT2D eigenvalue weighted by atomic mass is 10.1. The first-order valence-electron chi connectivity index (χ1n) is 20.0. The SMILES string of the molecule is CC/C=C/C=C/C=C/C=C/CCCCCCCC(=O)OC[C@H](COP(=O)(O)OC[C@H](N)C(=O)O)OC(=O)CCCC/C=C/C/C=C/CCCCCCCC. The number of phosphoric acid groups is 1. The Hall–Kier alpha value is -3.08. The number of ether oxygens (including phenoxy) is 2. The number of allylic oxidation sites excluding steroid dienone is 12. The van der Waals surface area contributed by atoms with Gasteiger partial charge in [-0.05, 0) is 64.2 Å². The predicted molar refractivity (Wildman–Crippen MR) is 217 cm³/mol. The van der Waals surface area contributed by atoms with Crippen molar-refractivity contribution in [2.75, 3.05) is 19.8 Å². The summed E-state index contributed by atoms with van der Waals surface area (Å²) in [5.41, 5.74) is 5.32. The average Bonchev–Trinajstić information content (AvgIpc) is 3.14. The van der Waals surface area contributed by atoms with Crippen LogP contribution in [0.15, 0.2) is 72.9 Å². The van der Waals surface area contributed by atoms with Gasteiger partial charge >= 0.3 is 25.7 Å². The van der Waals surface area contributed by atoms with E-state index in [1.54, 1.807) is 0 Å². The van der Waals surface area contributed by atoms with Crippen LogP contribution < -0.4 is 5.73 Å². The molecule has 0 aromatic rings. The van der Waals surface area contributed by atoms with E-state index in [0.717, 1.165) is 64.2 Å². The van der Waals surface area contributed by atoms with Crippen LogP contribution in [0.4, 0.5) is 0 Å². The van der Waals surface area contributed by atoms with Crippen molar-refractivity contribution in [3.05, 3.63) is 72.9 Å². The number of phosphoric ester groups is 1. The molecule has 3 atom stereocenters. The fraction of sp³-hybridized carbons (Fsp3) is 0.643. The summed E-state index contributed by atoms with van der Waals surface area (Å²) in [6, 6.07) is -1.53. The number of unbranched alkanes of at least 4 members (excludes halogenated alkanes) is 13. The number of carbonyl (C=O) groups is 3. The molecule has 0 aromatic heterocycles. The zero-order valence-electron chi connectivity index (χ0n) is 33.0. The number of rotatable bonds is 36. The minimum absolute atomic E-state index is 0.109. The van der Waals surface area contributed by atoms with Crippen molar-refractivity contribution < 1.29 is 47.5 Å². The minimum atomic E-state index is -4.73. The van der Waals surface area contributed by atoms with Crippen molar-refractivity contribution in [1.29, 1.82) is 0 Å². The van der Waals surface area contributed by atoms with Gasteiger partial charge in [0.2, 0.25) is 0 Å². The lowest BCUT2D eigenvalue weighted by Crippen LogP contribution is -2.34. The van der Waals surface area contributed by atoms with Gasteiger partial charge in [-0.2, -0.15) is 0 Å². The van der Waals surface area contributed by atoms with Gasteiger partial charge in [0.15, 0.2) is 6.10 Å². The first-order valence-corrected chi connectivity index (χ1v) is 21.5. The summed E-state index contributed by atoms with van der Waals surface area (Å²) in [4.78, 5) is 45.8. The molecule has 1 unspecified atom stereocenters. The van der Waals surface area contributed by atoms with Crippen LogP contribution in [0.5, 0.6) is 0 Å². The Kier molecular flexibility index (Phi) is 34.8. The van der Waals surface area contributed by atoms with Crippen LogP contribution >= 0.6 is 7.82 Å². The number of hydrogen-bond acceptors (Lipinski definition) is 9. The van der Waals surface area contributed by atoms with Gasteiger partial charge in [-0.15, -0.1) is 0 Å². The van der Waals surface area contributed by atoms with E-state index in [1.807, 2.05) is 36.5 Å². The van der Waals surface area contributed by atoms with E-state index in [9.17, 15) is 23.8 Å². The second kappa shape index (κ2) is 36.9. The number of carboxylic acid groups (broad SMARTS) is 1. The largest absolute Gasteiger partial charge is 0.480 e. The van der Waals surface area contributed by atoms with E-state index in [4.69, 9.17) is 24.8 Å². The third kappa shape index (κ3) is 35.9. The summed E-state index contributed by atoms with van der Waals surface area (Å²) in [6.07, 6.45) is 42.6. The average molecular weight is 780 g/mol. The summed E-state index contributed by atoms with van der Waals surface area (Å²) >= 11 is 0. The number of aliphatic carboxylic acids is 1. The van der Waals surface area contributed by atoms with Crippen molar-refractivity contribution >= 4 is 25.7 Å². The lowest BCUT2D eigenvalue weighted by molar-refractivity contribution is -0.161. The Balaban J connectivity index is 4.53. The quantitative estimate of drug-likeness (QED) is 0.0182. The van der Waals surface area contributed by atoms with E-state index < -0.39 is 51.1 Å². The highest BCUT2D eigenvalue weighted by Gasteiger charge is 2.28. The normalized spacial score (nSPS) is 14.6. The fourth-order valence-corrected chi connectivity index (χ4v) is 5.65. The van der Waals surface area contributed by atoms with E-state index >= 15 is 0 Å². The zero-order valence-corrected chi connectivity index (χ0v) is 33.9. The summed E-state index contributed by atoms with van der Waals surface area (Å²) in [5, 5.41) is 8.87. The van der Waals surface area contributed by atoms with Crippen LogP contribution in [0.2, 0.25) is 0 Å². The molecule has 4 N–H and O–H groups in total. The van der Waals surface area contributed by atoms with Gasteiger partial charge in [0.1, 0.15) is 12.6 Å². The molecule has 0 amide bonds. The number of carbonyl (C=O) groups excluding carboxylic acids is 2. The van der Waals surface area contributed by atoms with Crippen molar-refractivity contribution in [2.24, 2.45) is 5.73 Å². The van der Waals surface area contributed by atoms with Gasteiger partial charge in [0, 0.05) is 12.8 Å². The van der Waals surface area contributed by atoms with E-state index in [2.05, 4.69) is 54.8 Å². The van der Waals surface area contributed by atoms with Crippen LogP contribution in [-0.2, 0) is 37.5 Å². The van der Waals surface area contributed by atoms with Gasteiger partial charge in [-0.3, -0.25) is 23.4 Å². The molecular weight excluding hydrogens is 709 g/mol. The highest BCUT2D eigenvalue weighted by molar-refractivity contribution is 7.47. The molecule has 0 heterocycles. The summed E-state index contributed by atoms with van der Waals surface area (Å²) in [7, 11) is -4.73. The molecule has 308 valence electrons. The Morgan fingerprint density at radius 2 is 1.11 bits per heavy atom. The zero-order chi connectivity index (χ0) is 40.0. The van der Waals surface area contributed by atoms with Crippen molar-refractivity contribution in [3.63, 3.8) is 0 Å². The third-order valence-electron chi connectivity index (χ3n) is 8.03. The van der Waals surface area contributed by atoms with Crippen LogP contribution in [0.3, 0.4) is 0 Å². The van der Waals surface area contributed by atoms with E-state index in [1.165, 1.54) is 38.5 Å².